The molecule has 0 saturated carbocycles. The average molecular weight is 248 g/mol. The number of hydrogen-bond donors (Lipinski definition) is 1. The highest BCUT2D eigenvalue weighted by molar-refractivity contribution is 5.59. The smallest absolute Gasteiger partial charge is 0.0569 e. The van der Waals surface area contributed by atoms with Crippen molar-refractivity contribution in [3.63, 3.8) is 0 Å². The lowest BCUT2D eigenvalue weighted by Crippen LogP contribution is -2.29. The Bertz CT molecular complexity index is 618. The molecule has 1 N–H and O–H groups in total. The van der Waals surface area contributed by atoms with Crippen LogP contribution in [0.4, 0.5) is 5.69 Å². The molecule has 0 unspecified atom stereocenters. The molecular weight excluding hydrogens is 232 g/mol. The van der Waals surface area contributed by atoms with Gasteiger partial charge in [-0.15, -0.1) is 0 Å². The number of pyridine rings is 1. The molecule has 1 aromatic carbocycles. The minimum atomic E-state index is 0.364. The SMILES string of the molecule is C1=C[C@H]2c3ccccc3N[C@H](c3cccnc3)[C@@H]2C1. The van der Waals surface area contributed by atoms with E-state index in [2.05, 4.69) is 52.8 Å². The molecule has 0 radical (unpaired) electrons. The third kappa shape index (κ3) is 1.67. The van der Waals surface area contributed by atoms with Crippen LogP contribution in [0.1, 0.15) is 29.5 Å². The number of fused-ring (bicyclic) bond motifs is 3. The summed E-state index contributed by atoms with van der Waals surface area (Å²) in [6, 6.07) is 13.2. The van der Waals surface area contributed by atoms with Gasteiger partial charge in [0, 0.05) is 24.0 Å². The summed E-state index contributed by atoms with van der Waals surface area (Å²) in [5.41, 5.74) is 3.99. The maximum Gasteiger partial charge on any atom is 0.0569 e. The Morgan fingerprint density at radius 1 is 1.11 bits per heavy atom. The number of allylic oxidation sites excluding steroid dienone is 2. The lowest BCUT2D eigenvalue weighted by atomic mass is 9.77. The van der Waals surface area contributed by atoms with Gasteiger partial charge >= 0.3 is 0 Å². The van der Waals surface area contributed by atoms with Gasteiger partial charge in [-0.05, 0) is 35.6 Å². The van der Waals surface area contributed by atoms with E-state index in [1.807, 2.05) is 18.5 Å². The van der Waals surface area contributed by atoms with E-state index in [0.29, 0.717) is 17.9 Å². The summed E-state index contributed by atoms with van der Waals surface area (Å²) in [5.74, 6) is 1.15. The average Bonchev–Trinajstić information content (AvgIpc) is 2.97. The van der Waals surface area contributed by atoms with Crippen LogP contribution in [0.2, 0.25) is 0 Å². The van der Waals surface area contributed by atoms with Crippen molar-refractivity contribution in [3.8, 4) is 0 Å². The van der Waals surface area contributed by atoms with Gasteiger partial charge in [0.1, 0.15) is 0 Å². The van der Waals surface area contributed by atoms with E-state index in [1.165, 1.54) is 16.8 Å². The van der Waals surface area contributed by atoms with E-state index in [1.54, 1.807) is 0 Å². The predicted molar refractivity (Wildman–Crippen MR) is 77.0 cm³/mol. The summed E-state index contributed by atoms with van der Waals surface area (Å²) in [7, 11) is 0. The molecule has 0 fully saturated rings. The molecule has 0 saturated heterocycles. The quantitative estimate of drug-likeness (QED) is 0.774. The fourth-order valence-corrected chi connectivity index (χ4v) is 3.43. The number of aromatic nitrogens is 1. The molecule has 0 spiro atoms. The molecule has 2 aliphatic rings. The number of nitrogens with zero attached hydrogens (tertiary/aromatic N) is 1. The standard InChI is InChI=1S/C17H16N2/c1-2-9-16-14(6-1)13-7-3-8-15(13)17(19-16)12-5-4-10-18-11-12/h1-7,9-11,13,15,17,19H,8H2/t13-,15+,17+/m0/s1. The van der Waals surface area contributed by atoms with Crippen molar-refractivity contribution in [3.05, 3.63) is 72.1 Å². The van der Waals surface area contributed by atoms with E-state index < -0.39 is 0 Å². The van der Waals surface area contributed by atoms with Gasteiger partial charge in [0.15, 0.2) is 0 Å². The summed E-state index contributed by atoms with van der Waals surface area (Å²) in [6.07, 6.45) is 9.66. The summed E-state index contributed by atoms with van der Waals surface area (Å²) in [4.78, 5) is 4.27. The molecule has 2 heterocycles. The maximum atomic E-state index is 4.27. The summed E-state index contributed by atoms with van der Waals surface area (Å²) >= 11 is 0. The number of benzene rings is 1. The molecule has 2 nitrogen and oxygen atoms in total. The minimum Gasteiger partial charge on any atom is -0.378 e. The van der Waals surface area contributed by atoms with Crippen molar-refractivity contribution in [2.45, 2.75) is 18.4 Å². The molecule has 0 amide bonds. The third-order valence-electron chi connectivity index (χ3n) is 4.32. The van der Waals surface area contributed by atoms with Gasteiger partial charge in [0.2, 0.25) is 0 Å². The fraction of sp³-hybridized carbons (Fsp3) is 0.235. The molecule has 1 aliphatic heterocycles. The fourth-order valence-electron chi connectivity index (χ4n) is 3.43. The predicted octanol–water partition coefficient (Wildman–Crippen LogP) is 3.91. The van der Waals surface area contributed by atoms with Crippen LogP contribution in [0.25, 0.3) is 0 Å². The first-order valence-corrected chi connectivity index (χ1v) is 6.85. The van der Waals surface area contributed by atoms with Gasteiger partial charge < -0.3 is 5.32 Å². The highest BCUT2D eigenvalue weighted by Gasteiger charge is 2.37. The minimum absolute atomic E-state index is 0.364. The Balaban J connectivity index is 1.80. The Hall–Kier alpha value is -2.09. The van der Waals surface area contributed by atoms with Crippen LogP contribution in [0, 0.1) is 5.92 Å². The first-order valence-electron chi connectivity index (χ1n) is 6.85. The highest BCUT2D eigenvalue weighted by atomic mass is 15.0. The second-order valence-electron chi connectivity index (χ2n) is 5.35. The van der Waals surface area contributed by atoms with Crippen molar-refractivity contribution in [2.75, 3.05) is 5.32 Å². The van der Waals surface area contributed by atoms with Crippen molar-refractivity contribution in [1.29, 1.82) is 0 Å². The molecule has 1 aliphatic carbocycles. The van der Waals surface area contributed by atoms with Gasteiger partial charge in [-0.2, -0.15) is 0 Å². The van der Waals surface area contributed by atoms with Gasteiger partial charge in [0.25, 0.3) is 0 Å². The zero-order chi connectivity index (χ0) is 12.7. The first kappa shape index (κ1) is 10.8. The van der Waals surface area contributed by atoms with Gasteiger partial charge in [0.05, 0.1) is 6.04 Å². The third-order valence-corrected chi connectivity index (χ3v) is 4.32. The van der Waals surface area contributed by atoms with E-state index in [-0.39, 0.29) is 0 Å². The molecule has 19 heavy (non-hydrogen) atoms. The van der Waals surface area contributed by atoms with Crippen molar-refractivity contribution < 1.29 is 0 Å². The number of rotatable bonds is 1. The van der Waals surface area contributed by atoms with Crippen LogP contribution in [0.5, 0.6) is 0 Å². The van der Waals surface area contributed by atoms with E-state index in [9.17, 15) is 0 Å². The Morgan fingerprint density at radius 2 is 2.05 bits per heavy atom. The number of nitrogens with one attached hydrogen (secondary N) is 1. The number of para-hydroxylation sites is 1. The summed E-state index contributed by atoms with van der Waals surface area (Å²) in [5, 5.41) is 3.70. The Kier molecular flexibility index (Phi) is 2.41. The van der Waals surface area contributed by atoms with Crippen LogP contribution in [0.15, 0.2) is 60.9 Å². The molecule has 1 aromatic heterocycles. The Labute approximate surface area is 113 Å². The highest BCUT2D eigenvalue weighted by Crippen LogP contribution is 2.49. The van der Waals surface area contributed by atoms with Gasteiger partial charge in [-0.25, -0.2) is 0 Å². The molecule has 4 rings (SSSR count). The number of hydrogen-bond acceptors (Lipinski definition) is 2. The normalized spacial score (nSPS) is 27.5. The van der Waals surface area contributed by atoms with E-state index in [0.717, 1.165) is 6.42 Å². The van der Waals surface area contributed by atoms with Crippen LogP contribution in [-0.4, -0.2) is 4.98 Å². The van der Waals surface area contributed by atoms with Crippen molar-refractivity contribution in [1.82, 2.24) is 4.98 Å². The van der Waals surface area contributed by atoms with Crippen LogP contribution >= 0.6 is 0 Å². The second kappa shape index (κ2) is 4.23. The first-order chi connectivity index (χ1) is 9.43. The van der Waals surface area contributed by atoms with E-state index in [4.69, 9.17) is 0 Å². The largest absolute Gasteiger partial charge is 0.378 e. The topological polar surface area (TPSA) is 24.9 Å². The van der Waals surface area contributed by atoms with Crippen LogP contribution < -0.4 is 5.32 Å². The summed E-state index contributed by atoms with van der Waals surface area (Å²) in [6.45, 7) is 0. The zero-order valence-electron chi connectivity index (χ0n) is 10.7. The molecular formula is C17H16N2. The molecule has 2 aromatic rings. The summed E-state index contributed by atoms with van der Waals surface area (Å²) < 4.78 is 0. The lowest BCUT2D eigenvalue weighted by molar-refractivity contribution is 0.425. The molecule has 3 atom stereocenters. The van der Waals surface area contributed by atoms with Crippen molar-refractivity contribution >= 4 is 5.69 Å². The molecule has 2 heteroatoms. The monoisotopic (exact) mass is 248 g/mol. The zero-order valence-corrected chi connectivity index (χ0v) is 10.7. The molecule has 94 valence electrons. The lowest BCUT2D eigenvalue weighted by Gasteiger charge is -2.37. The van der Waals surface area contributed by atoms with Crippen LogP contribution in [0.3, 0.4) is 0 Å². The van der Waals surface area contributed by atoms with E-state index >= 15 is 0 Å². The second-order valence-corrected chi connectivity index (χ2v) is 5.35. The maximum absolute atomic E-state index is 4.27. The molecule has 0 bridgehead atoms. The van der Waals surface area contributed by atoms with Crippen LogP contribution in [-0.2, 0) is 0 Å². The van der Waals surface area contributed by atoms with Gasteiger partial charge in [-0.3, -0.25) is 4.98 Å². The van der Waals surface area contributed by atoms with Crippen molar-refractivity contribution in [2.24, 2.45) is 5.92 Å². The van der Waals surface area contributed by atoms with Gasteiger partial charge in [-0.1, -0.05) is 36.4 Å². The number of anilines is 1. The Morgan fingerprint density at radius 3 is 2.95 bits per heavy atom.